The van der Waals surface area contributed by atoms with E-state index in [-0.39, 0.29) is 17.4 Å². The van der Waals surface area contributed by atoms with E-state index in [4.69, 9.17) is 16.0 Å². The summed E-state index contributed by atoms with van der Waals surface area (Å²) < 4.78 is 8.90. The fourth-order valence-electron chi connectivity index (χ4n) is 4.29. The molecule has 11 nitrogen and oxygen atoms in total. The highest BCUT2D eigenvalue weighted by Gasteiger charge is 2.27. The second-order valence-electron chi connectivity index (χ2n) is 8.46. The van der Waals surface area contributed by atoms with Crippen molar-refractivity contribution in [1.82, 2.24) is 34.3 Å². The Morgan fingerprint density at radius 3 is 2.64 bits per heavy atom. The number of fused-ring (bicyclic) bond motifs is 1. The minimum absolute atomic E-state index is 0.128. The van der Waals surface area contributed by atoms with Crippen molar-refractivity contribution in [3.63, 3.8) is 0 Å². The van der Waals surface area contributed by atoms with E-state index in [0.29, 0.717) is 59.8 Å². The topological polar surface area (TPSA) is 118 Å². The third-order valence-electron chi connectivity index (χ3n) is 6.29. The van der Waals surface area contributed by atoms with Crippen LogP contribution >= 0.6 is 11.6 Å². The fourth-order valence-corrected chi connectivity index (χ4v) is 4.42. The van der Waals surface area contributed by atoms with E-state index in [9.17, 15) is 9.59 Å². The number of hydrogen-bond donors (Lipinski definition) is 1. The zero-order valence-corrected chi connectivity index (χ0v) is 20.0. The Morgan fingerprint density at radius 1 is 1.08 bits per heavy atom. The van der Waals surface area contributed by atoms with Crippen molar-refractivity contribution in [2.24, 2.45) is 0 Å². The third kappa shape index (κ3) is 3.83. The van der Waals surface area contributed by atoms with E-state index in [0.717, 1.165) is 5.56 Å². The highest BCUT2D eigenvalue weighted by atomic mass is 35.5. The van der Waals surface area contributed by atoms with Gasteiger partial charge in [-0.1, -0.05) is 11.6 Å². The van der Waals surface area contributed by atoms with Crippen molar-refractivity contribution in [3.05, 3.63) is 81.6 Å². The number of piperazine rings is 1. The van der Waals surface area contributed by atoms with Gasteiger partial charge < -0.3 is 14.2 Å². The van der Waals surface area contributed by atoms with Gasteiger partial charge in [-0.2, -0.15) is 5.10 Å². The molecule has 5 heterocycles. The maximum atomic E-state index is 13.3. The molecule has 36 heavy (non-hydrogen) atoms. The van der Waals surface area contributed by atoms with E-state index in [2.05, 4.69) is 20.2 Å². The SMILES string of the molecule is Cc1c(C(=O)N2CCN(c3ncc(-c4ccc(Cl)cc4)o3)CC2)cnn1-c1nn2cccc2c(=O)[nH]1. The van der Waals surface area contributed by atoms with Gasteiger partial charge in [0.05, 0.1) is 23.7 Å². The Morgan fingerprint density at radius 2 is 1.86 bits per heavy atom. The lowest BCUT2D eigenvalue weighted by Crippen LogP contribution is -2.49. The molecule has 1 aliphatic rings. The normalized spacial score (nSPS) is 14.1. The molecule has 4 aromatic heterocycles. The van der Waals surface area contributed by atoms with Gasteiger partial charge in [-0.25, -0.2) is 14.2 Å². The van der Waals surface area contributed by atoms with Crippen molar-refractivity contribution < 1.29 is 9.21 Å². The lowest BCUT2D eigenvalue weighted by Gasteiger charge is -2.33. The second kappa shape index (κ2) is 8.68. The van der Waals surface area contributed by atoms with Crippen LogP contribution < -0.4 is 10.5 Å². The van der Waals surface area contributed by atoms with Crippen LogP contribution in [0.25, 0.3) is 22.8 Å². The summed E-state index contributed by atoms with van der Waals surface area (Å²) in [5.41, 5.74) is 2.10. The van der Waals surface area contributed by atoms with Crippen LogP contribution in [0, 0.1) is 6.92 Å². The minimum Gasteiger partial charge on any atom is -0.423 e. The first kappa shape index (κ1) is 22.1. The summed E-state index contributed by atoms with van der Waals surface area (Å²) in [5.74, 6) is 0.774. The molecule has 0 bridgehead atoms. The average Bonchev–Trinajstić information content (AvgIpc) is 3.64. The quantitative estimate of drug-likeness (QED) is 0.400. The predicted octanol–water partition coefficient (Wildman–Crippen LogP) is 2.79. The Balaban J connectivity index is 1.15. The molecule has 5 aromatic rings. The van der Waals surface area contributed by atoms with Crippen molar-refractivity contribution in [2.75, 3.05) is 31.1 Å². The zero-order chi connectivity index (χ0) is 24.8. The first-order valence-corrected chi connectivity index (χ1v) is 11.7. The summed E-state index contributed by atoms with van der Waals surface area (Å²) in [7, 11) is 0. The van der Waals surface area contributed by atoms with Crippen LogP contribution in [-0.4, -0.2) is 66.3 Å². The van der Waals surface area contributed by atoms with Gasteiger partial charge in [0.25, 0.3) is 17.5 Å². The van der Waals surface area contributed by atoms with E-state index in [1.807, 2.05) is 17.0 Å². The summed E-state index contributed by atoms with van der Waals surface area (Å²) in [6.07, 6.45) is 4.89. The largest absolute Gasteiger partial charge is 0.423 e. The Hall–Kier alpha value is -4.38. The molecule has 1 aromatic carbocycles. The molecule has 0 aliphatic carbocycles. The van der Waals surface area contributed by atoms with Crippen molar-refractivity contribution >= 4 is 29.0 Å². The second-order valence-corrected chi connectivity index (χ2v) is 8.90. The average molecular weight is 505 g/mol. The van der Waals surface area contributed by atoms with E-state index >= 15 is 0 Å². The van der Waals surface area contributed by atoms with Crippen LogP contribution in [0.15, 0.2) is 64.2 Å². The van der Waals surface area contributed by atoms with Gasteiger partial charge in [-0.05, 0) is 43.3 Å². The van der Waals surface area contributed by atoms with Gasteiger partial charge in [0.2, 0.25) is 5.95 Å². The number of amides is 1. The molecule has 6 rings (SSSR count). The molecule has 0 atom stereocenters. The van der Waals surface area contributed by atoms with Crippen molar-refractivity contribution in [1.29, 1.82) is 0 Å². The Kier molecular flexibility index (Phi) is 5.33. The maximum absolute atomic E-state index is 13.3. The summed E-state index contributed by atoms with van der Waals surface area (Å²) in [6.45, 7) is 3.96. The highest BCUT2D eigenvalue weighted by molar-refractivity contribution is 6.30. The van der Waals surface area contributed by atoms with E-state index in [1.165, 1.54) is 15.4 Å². The first-order valence-electron chi connectivity index (χ1n) is 11.4. The summed E-state index contributed by atoms with van der Waals surface area (Å²) in [4.78, 5) is 36.5. The van der Waals surface area contributed by atoms with E-state index < -0.39 is 0 Å². The number of carbonyl (C=O) groups is 1. The van der Waals surface area contributed by atoms with Crippen molar-refractivity contribution in [3.8, 4) is 17.3 Å². The zero-order valence-electron chi connectivity index (χ0n) is 19.3. The molecule has 182 valence electrons. The molecule has 0 saturated carbocycles. The fraction of sp³-hybridized carbons (Fsp3) is 0.208. The van der Waals surface area contributed by atoms with Gasteiger partial charge in [0.1, 0.15) is 5.52 Å². The molecular weight excluding hydrogens is 484 g/mol. The maximum Gasteiger partial charge on any atom is 0.297 e. The smallest absolute Gasteiger partial charge is 0.297 e. The number of nitrogens with zero attached hydrogens (tertiary/aromatic N) is 7. The van der Waals surface area contributed by atoms with Crippen molar-refractivity contribution in [2.45, 2.75) is 6.92 Å². The lowest BCUT2D eigenvalue weighted by molar-refractivity contribution is 0.0744. The van der Waals surface area contributed by atoms with Gasteiger partial charge in [0, 0.05) is 43.0 Å². The van der Waals surface area contributed by atoms with Crippen LogP contribution in [0.4, 0.5) is 6.01 Å². The van der Waals surface area contributed by atoms with E-state index in [1.54, 1.807) is 48.5 Å². The third-order valence-corrected chi connectivity index (χ3v) is 6.54. The Bertz CT molecular complexity index is 1620. The lowest BCUT2D eigenvalue weighted by atomic mass is 10.2. The molecule has 1 amide bonds. The number of anilines is 1. The van der Waals surface area contributed by atoms with Crippen LogP contribution in [0.2, 0.25) is 5.02 Å². The first-order chi connectivity index (χ1) is 17.5. The molecule has 0 spiro atoms. The number of halogens is 1. The molecule has 1 aliphatic heterocycles. The van der Waals surface area contributed by atoms with Crippen LogP contribution in [0.1, 0.15) is 16.1 Å². The predicted molar refractivity (Wildman–Crippen MR) is 133 cm³/mol. The number of aromatic amines is 1. The van der Waals surface area contributed by atoms with Gasteiger partial charge in [-0.15, -0.1) is 5.10 Å². The molecule has 0 unspecified atom stereocenters. The van der Waals surface area contributed by atoms with Gasteiger partial charge in [-0.3, -0.25) is 14.6 Å². The number of oxazole rings is 1. The molecule has 0 radical (unpaired) electrons. The number of nitrogens with one attached hydrogen (secondary N) is 1. The number of benzene rings is 1. The van der Waals surface area contributed by atoms with Crippen LogP contribution in [0.5, 0.6) is 0 Å². The molecule has 1 saturated heterocycles. The molecule has 1 N–H and O–H groups in total. The number of H-pyrrole nitrogens is 1. The number of rotatable bonds is 4. The standard InChI is InChI=1S/C24H21ClN8O3/c1-15-18(13-27-33(15)23-28-21(34)19-3-2-8-32(19)29-23)22(35)30-9-11-31(12-10-30)24-26-14-20(36-24)16-4-6-17(25)7-5-16/h2-8,13-14H,9-12H2,1H3,(H,28,29,34). The summed E-state index contributed by atoms with van der Waals surface area (Å²) in [5, 5.41) is 9.36. The number of aromatic nitrogens is 6. The number of hydrogen-bond acceptors (Lipinski definition) is 7. The molecule has 1 fully saturated rings. The molecule has 12 heteroatoms. The van der Waals surface area contributed by atoms with Gasteiger partial charge in [0.15, 0.2) is 5.76 Å². The summed E-state index contributed by atoms with van der Waals surface area (Å²) >= 11 is 5.96. The highest BCUT2D eigenvalue weighted by Crippen LogP contribution is 2.26. The van der Waals surface area contributed by atoms with Crippen LogP contribution in [-0.2, 0) is 0 Å². The Labute approximate surface area is 209 Å². The minimum atomic E-state index is -0.283. The van der Waals surface area contributed by atoms with Crippen LogP contribution in [0.3, 0.4) is 0 Å². The monoisotopic (exact) mass is 504 g/mol. The van der Waals surface area contributed by atoms with Gasteiger partial charge >= 0.3 is 0 Å². The molecular formula is C24H21ClN8O3. The number of carbonyl (C=O) groups excluding carboxylic acids is 1. The summed E-state index contributed by atoms with van der Waals surface area (Å²) in [6, 6.07) is 11.3.